The Balaban J connectivity index is 1.81. The van der Waals surface area contributed by atoms with Crippen LogP contribution in [0.3, 0.4) is 0 Å². The van der Waals surface area contributed by atoms with Gasteiger partial charge in [-0.05, 0) is 6.54 Å². The van der Waals surface area contributed by atoms with E-state index in [-0.39, 0.29) is 5.92 Å². The summed E-state index contributed by atoms with van der Waals surface area (Å²) in [5.41, 5.74) is -0.695. The molecule has 7 heteroatoms. The number of fused-ring (bicyclic) bond motifs is 1. The molecule has 2 aliphatic rings. The van der Waals surface area contributed by atoms with E-state index in [4.69, 9.17) is 4.74 Å². The first-order valence-electron chi connectivity index (χ1n) is 7.16. The van der Waals surface area contributed by atoms with Gasteiger partial charge in [0.15, 0.2) is 5.75 Å². The zero-order valence-corrected chi connectivity index (χ0v) is 12.3. The molecular weight excluding hydrogens is 272 g/mol. The van der Waals surface area contributed by atoms with E-state index >= 15 is 0 Å². The number of aromatic nitrogens is 2. The molecule has 0 aromatic carbocycles. The second kappa shape index (κ2) is 5.14. The van der Waals surface area contributed by atoms with Gasteiger partial charge < -0.3 is 19.6 Å². The van der Waals surface area contributed by atoms with Crippen LogP contribution in [0.15, 0.2) is 12.4 Å². The molecule has 1 aromatic rings. The highest BCUT2D eigenvalue weighted by molar-refractivity contribution is 5.78. The van der Waals surface area contributed by atoms with Crippen molar-refractivity contribution in [1.82, 2.24) is 14.9 Å². The predicted molar refractivity (Wildman–Crippen MR) is 76.5 cm³/mol. The largest absolute Gasteiger partial charge is 0.494 e. The fraction of sp³-hybridized carbons (Fsp3) is 0.643. The molecule has 2 saturated heterocycles. The van der Waals surface area contributed by atoms with Crippen LogP contribution in [-0.2, 0) is 4.79 Å². The summed E-state index contributed by atoms with van der Waals surface area (Å²) in [5, 5.41) is 9.72. The molecule has 0 bridgehead atoms. The summed E-state index contributed by atoms with van der Waals surface area (Å²) >= 11 is 0. The maximum atomic E-state index is 11.8. The number of carboxylic acid groups (broad SMARTS) is 1. The van der Waals surface area contributed by atoms with Gasteiger partial charge in [0.05, 0.1) is 19.5 Å². The van der Waals surface area contributed by atoms with Crippen LogP contribution < -0.4 is 9.64 Å². The van der Waals surface area contributed by atoms with Crippen molar-refractivity contribution in [1.29, 1.82) is 0 Å². The monoisotopic (exact) mass is 292 g/mol. The molecule has 0 saturated carbocycles. The number of methoxy groups -OCH3 is 1. The van der Waals surface area contributed by atoms with Crippen LogP contribution in [-0.4, -0.2) is 65.8 Å². The van der Waals surface area contributed by atoms with Crippen LogP contribution in [0.5, 0.6) is 5.75 Å². The van der Waals surface area contributed by atoms with Gasteiger partial charge in [-0.15, -0.1) is 0 Å². The van der Waals surface area contributed by atoms with E-state index in [1.807, 2.05) is 4.90 Å². The van der Waals surface area contributed by atoms with Gasteiger partial charge >= 0.3 is 5.97 Å². The summed E-state index contributed by atoms with van der Waals surface area (Å²) in [7, 11) is 1.57. The van der Waals surface area contributed by atoms with Crippen LogP contribution in [0.4, 0.5) is 5.95 Å². The number of aliphatic carboxylic acids is 1. The van der Waals surface area contributed by atoms with Crippen molar-refractivity contribution in [2.45, 2.75) is 6.92 Å². The first kappa shape index (κ1) is 14.1. The second-order valence-corrected chi connectivity index (χ2v) is 5.79. The maximum Gasteiger partial charge on any atom is 0.313 e. The molecule has 1 N–H and O–H groups in total. The predicted octanol–water partition coefficient (Wildman–Crippen LogP) is 0.328. The number of carbonyl (C=O) groups is 1. The Morgan fingerprint density at radius 2 is 2.14 bits per heavy atom. The lowest BCUT2D eigenvalue weighted by Crippen LogP contribution is -2.41. The first-order chi connectivity index (χ1) is 10.1. The zero-order valence-electron chi connectivity index (χ0n) is 12.3. The number of carboxylic acids is 1. The number of ether oxygens (including phenoxy) is 1. The van der Waals surface area contributed by atoms with Gasteiger partial charge in [-0.1, -0.05) is 6.92 Å². The number of hydrogen-bond acceptors (Lipinski definition) is 6. The Labute approximate surface area is 123 Å². The first-order valence-corrected chi connectivity index (χ1v) is 7.16. The van der Waals surface area contributed by atoms with Crippen molar-refractivity contribution >= 4 is 11.9 Å². The van der Waals surface area contributed by atoms with Crippen LogP contribution in [0.25, 0.3) is 0 Å². The maximum absolute atomic E-state index is 11.8. The minimum Gasteiger partial charge on any atom is -0.494 e. The van der Waals surface area contributed by atoms with E-state index in [1.165, 1.54) is 0 Å². The fourth-order valence-electron chi connectivity index (χ4n) is 3.44. The molecule has 21 heavy (non-hydrogen) atoms. The molecular formula is C14H20N4O3. The number of hydrogen-bond donors (Lipinski definition) is 1. The van der Waals surface area contributed by atoms with E-state index in [9.17, 15) is 9.90 Å². The van der Waals surface area contributed by atoms with Gasteiger partial charge in [-0.2, -0.15) is 0 Å². The lowest BCUT2D eigenvalue weighted by Gasteiger charge is -2.24. The summed E-state index contributed by atoms with van der Waals surface area (Å²) in [6.45, 7) is 5.56. The van der Waals surface area contributed by atoms with E-state index < -0.39 is 11.4 Å². The van der Waals surface area contributed by atoms with Gasteiger partial charge in [0, 0.05) is 32.1 Å². The Morgan fingerprint density at radius 1 is 1.43 bits per heavy atom. The molecule has 3 heterocycles. The molecule has 7 nitrogen and oxygen atoms in total. The van der Waals surface area contributed by atoms with Crippen LogP contribution in [0.2, 0.25) is 0 Å². The van der Waals surface area contributed by atoms with Gasteiger partial charge in [0.1, 0.15) is 5.41 Å². The number of rotatable bonds is 4. The van der Waals surface area contributed by atoms with Crippen molar-refractivity contribution in [3.63, 3.8) is 0 Å². The molecule has 114 valence electrons. The molecule has 3 rings (SSSR count). The third-order valence-corrected chi connectivity index (χ3v) is 4.69. The third kappa shape index (κ3) is 2.21. The second-order valence-electron chi connectivity index (χ2n) is 5.79. The highest BCUT2D eigenvalue weighted by Crippen LogP contribution is 2.43. The molecule has 0 aliphatic carbocycles. The highest BCUT2D eigenvalue weighted by atomic mass is 16.5. The van der Waals surface area contributed by atoms with Crippen LogP contribution in [0.1, 0.15) is 6.92 Å². The lowest BCUT2D eigenvalue weighted by atomic mass is 9.81. The normalized spacial score (nSPS) is 28.7. The Bertz CT molecular complexity index is 536. The van der Waals surface area contributed by atoms with Crippen molar-refractivity contribution in [2.24, 2.45) is 11.3 Å². The Morgan fingerprint density at radius 3 is 2.67 bits per heavy atom. The van der Waals surface area contributed by atoms with Crippen molar-refractivity contribution in [3.05, 3.63) is 12.4 Å². The van der Waals surface area contributed by atoms with E-state index in [2.05, 4.69) is 21.8 Å². The summed E-state index contributed by atoms with van der Waals surface area (Å²) in [5.74, 6) is 0.595. The molecule has 0 radical (unpaired) electrons. The number of likely N-dealkylation sites (tertiary alicyclic amines) is 1. The van der Waals surface area contributed by atoms with Crippen molar-refractivity contribution in [2.75, 3.05) is 44.7 Å². The molecule has 2 aliphatic heterocycles. The van der Waals surface area contributed by atoms with Gasteiger partial charge in [-0.25, -0.2) is 9.97 Å². The summed E-state index contributed by atoms with van der Waals surface area (Å²) in [4.78, 5) is 24.6. The standard InChI is InChI=1S/C14H20N4O3/c1-3-17-6-10-7-18(9-14(10,8-17)12(19)20)13-15-4-11(21-2)5-16-13/h4-5,10H,3,6-9H2,1-2H3,(H,19,20)/t10-,14-/m1/s1. The van der Waals surface area contributed by atoms with Gasteiger partial charge in [-0.3, -0.25) is 4.79 Å². The molecule has 0 amide bonds. The Hall–Kier alpha value is -1.89. The summed E-state index contributed by atoms with van der Waals surface area (Å²) in [6.07, 6.45) is 3.23. The minimum atomic E-state index is -0.709. The minimum absolute atomic E-state index is 0.126. The fourth-order valence-corrected chi connectivity index (χ4v) is 3.44. The smallest absolute Gasteiger partial charge is 0.313 e. The summed E-state index contributed by atoms with van der Waals surface area (Å²) < 4.78 is 5.05. The van der Waals surface area contributed by atoms with E-state index in [0.717, 1.165) is 13.1 Å². The molecule has 2 atom stereocenters. The number of anilines is 1. The molecule has 0 unspecified atom stereocenters. The summed E-state index contributed by atoms with van der Waals surface area (Å²) in [6, 6.07) is 0. The average Bonchev–Trinajstić information content (AvgIpc) is 3.02. The Kier molecular flexibility index (Phi) is 3.44. The molecule has 1 aromatic heterocycles. The van der Waals surface area contributed by atoms with Gasteiger partial charge in [0.2, 0.25) is 5.95 Å². The topological polar surface area (TPSA) is 78.8 Å². The van der Waals surface area contributed by atoms with Crippen molar-refractivity contribution in [3.8, 4) is 5.75 Å². The zero-order chi connectivity index (χ0) is 15.0. The quantitative estimate of drug-likeness (QED) is 0.856. The van der Waals surface area contributed by atoms with Crippen LogP contribution in [0, 0.1) is 11.3 Å². The van der Waals surface area contributed by atoms with Crippen molar-refractivity contribution < 1.29 is 14.6 Å². The molecule has 0 spiro atoms. The average molecular weight is 292 g/mol. The van der Waals surface area contributed by atoms with E-state index in [1.54, 1.807) is 19.5 Å². The van der Waals surface area contributed by atoms with Gasteiger partial charge in [0.25, 0.3) is 0 Å². The number of nitrogens with zero attached hydrogens (tertiary/aromatic N) is 4. The molecule has 2 fully saturated rings. The highest BCUT2D eigenvalue weighted by Gasteiger charge is 2.57. The third-order valence-electron chi connectivity index (χ3n) is 4.69. The lowest BCUT2D eigenvalue weighted by molar-refractivity contribution is -0.148. The van der Waals surface area contributed by atoms with Crippen LogP contribution >= 0.6 is 0 Å². The SMILES string of the molecule is CCN1C[C@@H]2CN(c3ncc(OC)cn3)C[C@]2(C(=O)O)C1. The van der Waals surface area contributed by atoms with E-state index in [0.29, 0.717) is 31.3 Å².